The van der Waals surface area contributed by atoms with E-state index in [2.05, 4.69) is 78.9 Å². The normalized spacial score (nSPS) is 21.4. The van der Waals surface area contributed by atoms with Crippen LogP contribution in [0.2, 0.25) is 13.1 Å². The van der Waals surface area contributed by atoms with Crippen LogP contribution in [0.5, 0.6) is 0 Å². The van der Waals surface area contributed by atoms with E-state index in [0.717, 1.165) is 0 Å². The van der Waals surface area contributed by atoms with Gasteiger partial charge >= 0.3 is 41.6 Å². The monoisotopic (exact) mass is 522 g/mol. The molecule has 0 fully saturated rings. The summed E-state index contributed by atoms with van der Waals surface area (Å²) in [4.78, 5) is 0. The minimum absolute atomic E-state index is 0. The number of hydrogen-bond donors (Lipinski definition) is 0. The SMILES string of the molecule is CC1=[C-]C(C)C=C1C.CC1=[C-]C(C)C=C1C.C[Si](C)=[Hf+2].[Cl-].[Cl-]. The summed E-state index contributed by atoms with van der Waals surface area (Å²) in [5.41, 5.74) is 5.67. The Labute approximate surface area is 165 Å². The standard InChI is InChI=1S/2C8H11.C2H6Si.2ClH.Hf/c2*1-6-4-7(2)8(3)5-6;1-3-2;;;/h2*4,6H,1-3H3;1-2H3;2*1H;/q2*-1;;;;+2/p-2. The topological polar surface area (TPSA) is 0 Å². The van der Waals surface area contributed by atoms with Crippen LogP contribution >= 0.6 is 0 Å². The van der Waals surface area contributed by atoms with Gasteiger partial charge in [0.15, 0.2) is 0 Å². The van der Waals surface area contributed by atoms with E-state index in [0.29, 0.717) is 11.8 Å². The van der Waals surface area contributed by atoms with E-state index in [1.807, 2.05) is 0 Å². The molecule has 0 radical (unpaired) electrons. The van der Waals surface area contributed by atoms with Gasteiger partial charge in [0, 0.05) is 0 Å². The molecule has 2 aliphatic rings. The zero-order valence-corrected chi connectivity index (χ0v) is 21.2. The smallest absolute Gasteiger partial charge is 1.00 e. The van der Waals surface area contributed by atoms with Crippen LogP contribution in [0.15, 0.2) is 34.4 Å². The first kappa shape index (κ1) is 27.5. The summed E-state index contributed by atoms with van der Waals surface area (Å²) in [7, 11) is 0. The van der Waals surface area contributed by atoms with Gasteiger partial charge in [0.2, 0.25) is 0 Å². The molecule has 0 aromatic heterocycles. The second-order valence-electron chi connectivity index (χ2n) is 5.82. The van der Waals surface area contributed by atoms with Crippen molar-refractivity contribution in [1.82, 2.24) is 0 Å². The van der Waals surface area contributed by atoms with Crippen molar-refractivity contribution >= 4 is 5.49 Å². The molecule has 124 valence electrons. The maximum atomic E-state index is 3.29. The predicted molar refractivity (Wildman–Crippen MR) is 88.2 cm³/mol. The van der Waals surface area contributed by atoms with Gasteiger partial charge in [-0.3, -0.25) is 12.2 Å². The second kappa shape index (κ2) is 14.0. The average Bonchev–Trinajstić information content (AvgIpc) is 2.70. The molecule has 0 amide bonds. The first-order valence-corrected chi connectivity index (χ1v) is 15.1. The largest absolute Gasteiger partial charge is 1.00 e. The molecule has 4 heteroatoms. The van der Waals surface area contributed by atoms with Crippen molar-refractivity contribution < 1.29 is 47.8 Å². The van der Waals surface area contributed by atoms with Crippen molar-refractivity contribution in [2.75, 3.05) is 0 Å². The Morgan fingerprint density at radius 3 is 1.09 bits per heavy atom. The van der Waals surface area contributed by atoms with E-state index in [1.165, 1.54) is 45.3 Å². The molecule has 0 aromatic rings. The number of halogens is 2. The van der Waals surface area contributed by atoms with Gasteiger partial charge in [-0.2, -0.15) is 12.2 Å². The minimum atomic E-state index is 0. The van der Waals surface area contributed by atoms with Gasteiger partial charge in [-0.05, 0) is 0 Å². The number of rotatable bonds is 0. The molecule has 0 saturated heterocycles. The van der Waals surface area contributed by atoms with Crippen LogP contribution in [0.25, 0.3) is 0 Å². The Hall–Kier alpha value is 0.627. The van der Waals surface area contributed by atoms with Crippen LogP contribution in [0.3, 0.4) is 0 Å². The fourth-order valence-corrected chi connectivity index (χ4v) is 1.99. The number of allylic oxidation sites excluding steroid dienone is 8. The van der Waals surface area contributed by atoms with Crippen molar-refractivity contribution in [3.8, 4) is 0 Å². The Kier molecular flexibility index (Phi) is 17.5. The van der Waals surface area contributed by atoms with E-state index in [1.54, 1.807) is 0 Å². The van der Waals surface area contributed by atoms with Crippen molar-refractivity contribution in [3.05, 3.63) is 46.6 Å². The maximum Gasteiger partial charge on any atom is -1.00 e. The summed E-state index contributed by atoms with van der Waals surface area (Å²) in [5, 5.41) is 0. The van der Waals surface area contributed by atoms with E-state index < -0.39 is 0 Å². The summed E-state index contributed by atoms with van der Waals surface area (Å²) >= 11 is 1.45. The van der Waals surface area contributed by atoms with Gasteiger partial charge < -0.3 is 24.8 Å². The molecule has 0 aromatic carbocycles. The van der Waals surface area contributed by atoms with Crippen molar-refractivity contribution in [1.29, 1.82) is 0 Å². The summed E-state index contributed by atoms with van der Waals surface area (Å²) in [6.07, 6.45) is 11.0. The zero-order valence-electron chi connectivity index (χ0n) is 15.1. The van der Waals surface area contributed by atoms with Crippen LogP contribution in [0.1, 0.15) is 41.5 Å². The molecule has 2 aliphatic carbocycles. The molecular formula is C18H28Cl2HfSi-2. The summed E-state index contributed by atoms with van der Waals surface area (Å²) in [5.74, 6) is 1.10. The summed E-state index contributed by atoms with van der Waals surface area (Å²) in [6, 6.07) is 0. The van der Waals surface area contributed by atoms with Gasteiger partial charge in [-0.1, -0.05) is 39.5 Å². The van der Waals surface area contributed by atoms with Crippen molar-refractivity contribution in [2.24, 2.45) is 11.8 Å². The summed E-state index contributed by atoms with van der Waals surface area (Å²) in [6.45, 7) is 17.4. The van der Waals surface area contributed by atoms with Crippen LogP contribution in [0, 0.1) is 24.0 Å². The quantitative estimate of drug-likeness (QED) is 0.297. The van der Waals surface area contributed by atoms with E-state index in [-0.39, 0.29) is 30.3 Å². The fourth-order valence-electron chi connectivity index (χ4n) is 1.99. The van der Waals surface area contributed by atoms with Crippen molar-refractivity contribution in [3.63, 3.8) is 0 Å². The fraction of sp³-hybridized carbons (Fsp3) is 0.556. The third-order valence-electron chi connectivity index (χ3n) is 3.07. The Morgan fingerprint density at radius 1 is 0.818 bits per heavy atom. The molecule has 0 saturated carbocycles. The molecule has 0 N–H and O–H groups in total. The zero-order chi connectivity index (χ0) is 15.9. The Morgan fingerprint density at radius 2 is 1.05 bits per heavy atom. The molecule has 2 rings (SSSR count). The van der Waals surface area contributed by atoms with Gasteiger partial charge in [-0.15, -0.1) is 13.8 Å². The van der Waals surface area contributed by atoms with Crippen LogP contribution < -0.4 is 24.8 Å². The minimum Gasteiger partial charge on any atom is -1.00 e. The third-order valence-corrected chi connectivity index (χ3v) is 3.07. The Bertz CT molecular complexity index is 395. The molecule has 0 spiro atoms. The molecule has 0 heterocycles. The third kappa shape index (κ3) is 13.1. The van der Waals surface area contributed by atoms with Crippen LogP contribution in [-0.4, -0.2) is 5.49 Å². The molecule has 0 aliphatic heterocycles. The first-order valence-electron chi connectivity index (χ1n) is 7.23. The first-order chi connectivity index (χ1) is 9.13. The molecule has 0 bridgehead atoms. The molecule has 2 unspecified atom stereocenters. The molecule has 0 nitrogen and oxygen atoms in total. The Balaban J connectivity index is -0.000000249. The maximum absolute atomic E-state index is 3.29. The van der Waals surface area contributed by atoms with E-state index in [4.69, 9.17) is 0 Å². The van der Waals surface area contributed by atoms with Gasteiger partial charge in [0.1, 0.15) is 0 Å². The molecule has 22 heavy (non-hydrogen) atoms. The average molecular weight is 522 g/mol. The molecule has 2 atom stereocenters. The van der Waals surface area contributed by atoms with E-state index in [9.17, 15) is 0 Å². The van der Waals surface area contributed by atoms with Crippen LogP contribution in [-0.2, 0) is 23.0 Å². The van der Waals surface area contributed by atoms with Gasteiger partial charge in [0.05, 0.1) is 0 Å². The second-order valence-corrected chi connectivity index (χ2v) is 18.6. The molecular weight excluding hydrogens is 494 g/mol. The van der Waals surface area contributed by atoms with E-state index >= 15 is 0 Å². The van der Waals surface area contributed by atoms with Gasteiger partial charge in [-0.25, -0.2) is 22.3 Å². The predicted octanol–water partition coefficient (Wildman–Crippen LogP) is -0.544. The number of hydrogen-bond acceptors (Lipinski definition) is 0. The van der Waals surface area contributed by atoms with Crippen LogP contribution in [0.4, 0.5) is 0 Å². The summed E-state index contributed by atoms with van der Waals surface area (Å²) < 4.78 is 0. The van der Waals surface area contributed by atoms with Gasteiger partial charge in [0.25, 0.3) is 0 Å². The van der Waals surface area contributed by atoms with Crippen molar-refractivity contribution in [2.45, 2.75) is 54.6 Å².